The van der Waals surface area contributed by atoms with Gasteiger partial charge in [-0.2, -0.15) is 18.3 Å². The summed E-state index contributed by atoms with van der Waals surface area (Å²) in [6.45, 7) is -0.386. The SMILES string of the molecule is O=C(NC(c1ccc(F)c(Cl)c1)c1ccn(CC(F)(F)F)n1)[C@@H]1CNCN1. The molecule has 1 saturated heterocycles. The number of hydrogen-bond donors (Lipinski definition) is 3. The molecular weight excluding hydrogens is 390 g/mol. The van der Waals surface area contributed by atoms with Crippen LogP contribution >= 0.6 is 11.6 Å². The predicted octanol–water partition coefficient (Wildman–Crippen LogP) is 1.96. The largest absolute Gasteiger partial charge is 0.408 e. The highest BCUT2D eigenvalue weighted by Gasteiger charge is 2.30. The van der Waals surface area contributed by atoms with Crippen LogP contribution in [0.4, 0.5) is 17.6 Å². The molecule has 0 saturated carbocycles. The minimum Gasteiger partial charge on any atom is -0.342 e. The minimum absolute atomic E-state index is 0.165. The smallest absolute Gasteiger partial charge is 0.342 e. The Morgan fingerprint density at radius 3 is 2.81 bits per heavy atom. The summed E-state index contributed by atoms with van der Waals surface area (Å²) in [7, 11) is 0. The highest BCUT2D eigenvalue weighted by molar-refractivity contribution is 6.30. The van der Waals surface area contributed by atoms with E-state index in [4.69, 9.17) is 11.6 Å². The summed E-state index contributed by atoms with van der Waals surface area (Å²) in [4.78, 5) is 12.5. The molecule has 1 aliphatic rings. The van der Waals surface area contributed by atoms with E-state index >= 15 is 0 Å². The average molecular weight is 406 g/mol. The van der Waals surface area contributed by atoms with Crippen molar-refractivity contribution in [1.29, 1.82) is 0 Å². The minimum atomic E-state index is -4.43. The second kappa shape index (κ2) is 7.83. The van der Waals surface area contributed by atoms with Gasteiger partial charge < -0.3 is 10.6 Å². The van der Waals surface area contributed by atoms with Gasteiger partial charge in [0.15, 0.2) is 0 Å². The molecule has 0 radical (unpaired) electrons. The molecule has 0 aliphatic carbocycles. The van der Waals surface area contributed by atoms with Gasteiger partial charge >= 0.3 is 6.18 Å². The zero-order chi connectivity index (χ0) is 19.6. The Hall–Kier alpha value is -2.17. The average Bonchev–Trinajstić information content (AvgIpc) is 3.25. The van der Waals surface area contributed by atoms with Crippen molar-refractivity contribution in [2.45, 2.75) is 24.8 Å². The van der Waals surface area contributed by atoms with Crippen LogP contribution < -0.4 is 16.0 Å². The van der Waals surface area contributed by atoms with Crippen LogP contribution in [0.15, 0.2) is 30.5 Å². The third-order valence-electron chi connectivity index (χ3n) is 4.00. The van der Waals surface area contributed by atoms with Crippen molar-refractivity contribution < 1.29 is 22.4 Å². The van der Waals surface area contributed by atoms with Crippen LogP contribution in [0.3, 0.4) is 0 Å². The van der Waals surface area contributed by atoms with Gasteiger partial charge in [0.1, 0.15) is 18.4 Å². The molecule has 2 atom stereocenters. The van der Waals surface area contributed by atoms with E-state index in [0.29, 0.717) is 18.8 Å². The highest BCUT2D eigenvalue weighted by atomic mass is 35.5. The molecule has 1 aromatic heterocycles. The highest BCUT2D eigenvalue weighted by Crippen LogP contribution is 2.26. The molecule has 1 unspecified atom stereocenters. The molecule has 2 heterocycles. The first-order valence-electron chi connectivity index (χ1n) is 8.02. The zero-order valence-electron chi connectivity index (χ0n) is 13.9. The Morgan fingerprint density at radius 2 is 2.19 bits per heavy atom. The fraction of sp³-hybridized carbons (Fsp3) is 0.375. The summed E-state index contributed by atoms with van der Waals surface area (Å²) in [6.07, 6.45) is -3.26. The van der Waals surface area contributed by atoms with E-state index in [1.54, 1.807) is 0 Å². The molecule has 11 heteroatoms. The van der Waals surface area contributed by atoms with Crippen molar-refractivity contribution in [2.75, 3.05) is 13.2 Å². The second-order valence-electron chi connectivity index (χ2n) is 6.06. The fourth-order valence-electron chi connectivity index (χ4n) is 2.74. The van der Waals surface area contributed by atoms with Gasteiger partial charge in [-0.1, -0.05) is 17.7 Å². The van der Waals surface area contributed by atoms with Gasteiger partial charge in [0.25, 0.3) is 0 Å². The number of nitrogens with zero attached hydrogens (tertiary/aromatic N) is 2. The van der Waals surface area contributed by atoms with Crippen molar-refractivity contribution in [3.63, 3.8) is 0 Å². The quantitative estimate of drug-likeness (QED) is 0.665. The first kappa shape index (κ1) is 19.6. The van der Waals surface area contributed by atoms with Gasteiger partial charge in [0.05, 0.1) is 16.8 Å². The summed E-state index contributed by atoms with van der Waals surface area (Å²) in [5.74, 6) is -1.01. The normalized spacial score (nSPS) is 18.5. The van der Waals surface area contributed by atoms with Gasteiger partial charge in [0.2, 0.25) is 5.91 Å². The van der Waals surface area contributed by atoms with Crippen LogP contribution in [-0.4, -0.2) is 41.1 Å². The van der Waals surface area contributed by atoms with Crippen molar-refractivity contribution >= 4 is 17.5 Å². The van der Waals surface area contributed by atoms with E-state index in [9.17, 15) is 22.4 Å². The number of benzene rings is 1. The fourth-order valence-corrected chi connectivity index (χ4v) is 2.92. The van der Waals surface area contributed by atoms with E-state index in [0.717, 1.165) is 10.7 Å². The van der Waals surface area contributed by atoms with Crippen LogP contribution in [-0.2, 0) is 11.3 Å². The van der Waals surface area contributed by atoms with Crippen molar-refractivity contribution in [1.82, 2.24) is 25.7 Å². The number of rotatable bonds is 5. The molecule has 27 heavy (non-hydrogen) atoms. The second-order valence-corrected chi connectivity index (χ2v) is 6.46. The van der Waals surface area contributed by atoms with Crippen LogP contribution in [0.2, 0.25) is 5.02 Å². The lowest BCUT2D eigenvalue weighted by molar-refractivity contribution is -0.142. The third kappa shape index (κ3) is 4.96. The monoisotopic (exact) mass is 405 g/mol. The van der Waals surface area contributed by atoms with E-state index in [-0.39, 0.29) is 16.6 Å². The van der Waals surface area contributed by atoms with Crippen LogP contribution in [0.1, 0.15) is 17.3 Å². The number of alkyl halides is 3. The molecule has 1 aromatic carbocycles. The number of carbonyl (C=O) groups is 1. The molecule has 0 spiro atoms. The maximum atomic E-state index is 13.5. The van der Waals surface area contributed by atoms with Gasteiger partial charge in [-0.25, -0.2) is 4.39 Å². The van der Waals surface area contributed by atoms with Crippen LogP contribution in [0, 0.1) is 5.82 Å². The Balaban J connectivity index is 1.89. The predicted molar refractivity (Wildman–Crippen MR) is 89.5 cm³/mol. The molecule has 146 valence electrons. The number of aromatic nitrogens is 2. The number of hydrogen-bond acceptors (Lipinski definition) is 4. The Kier molecular flexibility index (Phi) is 5.68. The van der Waals surface area contributed by atoms with Gasteiger partial charge in [-0.05, 0) is 23.8 Å². The number of nitrogens with one attached hydrogen (secondary N) is 3. The molecule has 2 aromatic rings. The van der Waals surface area contributed by atoms with E-state index in [1.807, 2.05) is 0 Å². The van der Waals surface area contributed by atoms with Gasteiger partial charge in [0, 0.05) is 19.4 Å². The molecule has 0 bridgehead atoms. The molecule has 3 N–H and O–H groups in total. The summed E-state index contributed by atoms with van der Waals surface area (Å²) >= 11 is 5.82. The summed E-state index contributed by atoms with van der Waals surface area (Å²) in [5, 5.41) is 12.4. The van der Waals surface area contributed by atoms with Gasteiger partial charge in [-0.15, -0.1) is 0 Å². The lowest BCUT2D eigenvalue weighted by atomic mass is 10.0. The van der Waals surface area contributed by atoms with Crippen LogP contribution in [0.25, 0.3) is 0 Å². The molecule has 1 amide bonds. The summed E-state index contributed by atoms with van der Waals surface area (Å²) < 4.78 is 52.0. The Labute approximate surface area is 156 Å². The first-order valence-corrected chi connectivity index (χ1v) is 8.40. The molecule has 3 rings (SSSR count). The molecular formula is C16H16ClF4N5O. The van der Waals surface area contributed by atoms with Crippen molar-refractivity contribution in [2.24, 2.45) is 0 Å². The first-order chi connectivity index (χ1) is 12.7. The summed E-state index contributed by atoms with van der Waals surface area (Å²) in [5.41, 5.74) is 0.583. The lowest BCUT2D eigenvalue weighted by Crippen LogP contribution is -2.44. The lowest BCUT2D eigenvalue weighted by Gasteiger charge is -2.20. The number of carbonyl (C=O) groups excluding carboxylic acids is 1. The Bertz CT molecular complexity index is 819. The zero-order valence-corrected chi connectivity index (χ0v) is 14.6. The van der Waals surface area contributed by atoms with Crippen molar-refractivity contribution in [3.8, 4) is 0 Å². The van der Waals surface area contributed by atoms with Gasteiger partial charge in [-0.3, -0.25) is 14.8 Å². The third-order valence-corrected chi connectivity index (χ3v) is 4.29. The van der Waals surface area contributed by atoms with E-state index in [2.05, 4.69) is 21.0 Å². The maximum absolute atomic E-state index is 13.5. The molecule has 1 aliphatic heterocycles. The summed E-state index contributed by atoms with van der Waals surface area (Å²) in [6, 6.07) is 3.82. The number of amides is 1. The Morgan fingerprint density at radius 1 is 1.41 bits per heavy atom. The maximum Gasteiger partial charge on any atom is 0.408 e. The standard InChI is InChI=1S/C16H16ClF4N5O/c17-10-5-9(1-2-11(10)18)14(24-15(27)13-6-22-8-23-13)12-3-4-26(25-12)7-16(19,20)21/h1-5,13-14,22-23H,6-8H2,(H,24,27)/t13-,14?/m0/s1. The molecule has 6 nitrogen and oxygen atoms in total. The van der Waals surface area contributed by atoms with E-state index < -0.39 is 30.6 Å². The molecule has 1 fully saturated rings. The van der Waals surface area contributed by atoms with Crippen LogP contribution in [0.5, 0.6) is 0 Å². The van der Waals surface area contributed by atoms with Crippen molar-refractivity contribution in [3.05, 3.63) is 52.6 Å². The van der Waals surface area contributed by atoms with E-state index in [1.165, 1.54) is 24.4 Å². The topological polar surface area (TPSA) is 71.0 Å². The number of halogens is 5.